The standard InChI is InChI=1S/C27H22N4O5S/c32-22(29-27-28-20(14-37-27)15-5-2-1-3-6-15)13-21(16-7-4-8-19(12-16)31(35)36)30-25(33)23-17-9-10-18(11-17)24(23)26(30)34/h1-10,12,14,17-18,21,23-24H,11,13H2,(H,28,29,32). The number of hydrogen-bond acceptors (Lipinski definition) is 7. The molecule has 3 aliphatic rings. The highest BCUT2D eigenvalue weighted by Gasteiger charge is 2.60. The highest BCUT2D eigenvalue weighted by Crippen LogP contribution is 2.54. The van der Waals surface area contributed by atoms with Crippen LogP contribution in [0.3, 0.4) is 0 Å². The van der Waals surface area contributed by atoms with Gasteiger partial charge >= 0.3 is 0 Å². The number of hydrogen-bond donors (Lipinski definition) is 1. The van der Waals surface area contributed by atoms with Crippen molar-refractivity contribution < 1.29 is 19.3 Å². The molecule has 1 aliphatic heterocycles. The van der Waals surface area contributed by atoms with Gasteiger partial charge in [0.1, 0.15) is 0 Å². The van der Waals surface area contributed by atoms with Crippen LogP contribution < -0.4 is 5.32 Å². The number of nitrogens with zero attached hydrogens (tertiary/aromatic N) is 3. The summed E-state index contributed by atoms with van der Waals surface area (Å²) in [5.41, 5.74) is 1.83. The Hall–Kier alpha value is -4.18. The predicted octanol–water partition coefficient (Wildman–Crippen LogP) is 4.60. The molecule has 2 heterocycles. The summed E-state index contributed by atoms with van der Waals surface area (Å²) in [6, 6.07) is 14.4. The van der Waals surface area contributed by atoms with Crippen LogP contribution in [0.1, 0.15) is 24.4 Å². The van der Waals surface area contributed by atoms with Gasteiger partial charge in [0, 0.05) is 23.1 Å². The molecule has 9 nitrogen and oxygen atoms in total. The first-order valence-electron chi connectivity index (χ1n) is 12.0. The molecule has 1 saturated heterocycles. The molecule has 2 aromatic carbocycles. The number of aromatic nitrogens is 1. The maximum absolute atomic E-state index is 13.5. The van der Waals surface area contributed by atoms with Crippen LogP contribution in [0.5, 0.6) is 0 Å². The number of nitro benzene ring substituents is 1. The lowest BCUT2D eigenvalue weighted by molar-refractivity contribution is -0.385. The van der Waals surface area contributed by atoms with E-state index >= 15 is 0 Å². The minimum absolute atomic E-state index is 0.0164. The van der Waals surface area contributed by atoms with E-state index in [2.05, 4.69) is 10.3 Å². The lowest BCUT2D eigenvalue weighted by Crippen LogP contribution is -2.38. The van der Waals surface area contributed by atoms with Gasteiger partial charge in [-0.1, -0.05) is 54.6 Å². The van der Waals surface area contributed by atoms with E-state index in [1.54, 1.807) is 6.07 Å². The normalized spacial score (nSPS) is 24.4. The Bertz CT molecular complexity index is 1420. The molecule has 3 amide bonds. The Balaban J connectivity index is 1.28. The molecule has 2 bridgehead atoms. The van der Waals surface area contributed by atoms with Crippen LogP contribution >= 0.6 is 11.3 Å². The van der Waals surface area contributed by atoms with E-state index in [-0.39, 0.29) is 35.8 Å². The number of benzene rings is 2. The van der Waals surface area contributed by atoms with Crippen LogP contribution in [0.4, 0.5) is 10.8 Å². The van der Waals surface area contributed by atoms with Crippen LogP contribution in [-0.4, -0.2) is 32.5 Å². The van der Waals surface area contributed by atoms with Crippen molar-refractivity contribution in [3.8, 4) is 11.3 Å². The molecule has 1 saturated carbocycles. The average molecular weight is 515 g/mol. The lowest BCUT2D eigenvalue weighted by atomic mass is 9.85. The van der Waals surface area contributed by atoms with Gasteiger partial charge in [-0.05, 0) is 23.8 Å². The van der Waals surface area contributed by atoms with Crippen molar-refractivity contribution in [3.63, 3.8) is 0 Å². The summed E-state index contributed by atoms with van der Waals surface area (Å²) in [4.78, 5) is 56.8. The first-order valence-corrected chi connectivity index (χ1v) is 12.9. The lowest BCUT2D eigenvalue weighted by Gasteiger charge is -2.27. The first-order chi connectivity index (χ1) is 17.9. The second-order valence-electron chi connectivity index (χ2n) is 9.57. The van der Waals surface area contributed by atoms with Gasteiger partial charge in [-0.25, -0.2) is 4.98 Å². The molecule has 2 fully saturated rings. The Morgan fingerprint density at radius 2 is 1.78 bits per heavy atom. The van der Waals surface area contributed by atoms with E-state index in [4.69, 9.17) is 0 Å². The Morgan fingerprint density at radius 1 is 1.08 bits per heavy atom. The van der Waals surface area contributed by atoms with Crippen molar-refractivity contribution in [2.75, 3.05) is 5.32 Å². The molecule has 5 unspecified atom stereocenters. The number of amides is 3. The van der Waals surface area contributed by atoms with Gasteiger partial charge in [0.15, 0.2) is 5.13 Å². The molecule has 0 spiro atoms. The van der Waals surface area contributed by atoms with Crippen molar-refractivity contribution in [2.24, 2.45) is 23.7 Å². The summed E-state index contributed by atoms with van der Waals surface area (Å²) in [7, 11) is 0. The van der Waals surface area contributed by atoms with Gasteiger partial charge in [-0.2, -0.15) is 0 Å². The summed E-state index contributed by atoms with van der Waals surface area (Å²) in [6.45, 7) is 0. The van der Waals surface area contributed by atoms with Crippen molar-refractivity contribution in [1.29, 1.82) is 0 Å². The molecular formula is C27H22N4O5S. The molecule has 1 aromatic heterocycles. The molecule has 6 rings (SSSR count). The van der Waals surface area contributed by atoms with E-state index in [1.807, 2.05) is 47.9 Å². The number of allylic oxidation sites excluding steroid dienone is 2. The van der Waals surface area contributed by atoms with E-state index in [0.29, 0.717) is 10.7 Å². The van der Waals surface area contributed by atoms with Gasteiger partial charge in [0.05, 0.1) is 34.9 Å². The maximum Gasteiger partial charge on any atom is 0.269 e. The first kappa shape index (κ1) is 23.2. The Labute approximate surface area is 216 Å². The van der Waals surface area contributed by atoms with Crippen LogP contribution in [0.25, 0.3) is 11.3 Å². The molecule has 0 radical (unpaired) electrons. The fourth-order valence-electron chi connectivity index (χ4n) is 5.85. The fraction of sp³-hybridized carbons (Fsp3) is 0.259. The average Bonchev–Trinajstić information content (AvgIpc) is 3.68. The zero-order valence-corrected chi connectivity index (χ0v) is 20.3. The van der Waals surface area contributed by atoms with Gasteiger partial charge < -0.3 is 5.32 Å². The molecular weight excluding hydrogens is 492 g/mol. The van der Waals surface area contributed by atoms with Crippen LogP contribution in [0, 0.1) is 33.8 Å². The summed E-state index contributed by atoms with van der Waals surface area (Å²) in [6.07, 6.45) is 4.56. The third kappa shape index (κ3) is 4.03. The smallest absolute Gasteiger partial charge is 0.269 e. The Kier molecular flexibility index (Phi) is 5.68. The van der Waals surface area contributed by atoms with Crippen LogP contribution in [-0.2, 0) is 14.4 Å². The second-order valence-corrected chi connectivity index (χ2v) is 10.4. The molecule has 5 atom stereocenters. The van der Waals surface area contributed by atoms with Crippen molar-refractivity contribution in [1.82, 2.24) is 9.88 Å². The van der Waals surface area contributed by atoms with Crippen molar-refractivity contribution in [2.45, 2.75) is 18.9 Å². The molecule has 3 aromatic rings. The maximum atomic E-state index is 13.5. The second kappa shape index (κ2) is 9.04. The fourth-order valence-corrected chi connectivity index (χ4v) is 6.59. The highest BCUT2D eigenvalue weighted by atomic mass is 32.1. The molecule has 186 valence electrons. The number of nitrogens with one attached hydrogen (secondary N) is 1. The number of imide groups is 1. The van der Waals surface area contributed by atoms with E-state index in [0.717, 1.165) is 17.7 Å². The molecule has 1 N–H and O–H groups in total. The third-order valence-corrected chi connectivity index (χ3v) is 8.24. The minimum Gasteiger partial charge on any atom is -0.302 e. The summed E-state index contributed by atoms with van der Waals surface area (Å²) in [5, 5.41) is 16.4. The van der Waals surface area contributed by atoms with Gasteiger partial charge in [0.2, 0.25) is 17.7 Å². The third-order valence-electron chi connectivity index (χ3n) is 7.48. The number of anilines is 1. The van der Waals surface area contributed by atoms with Crippen molar-refractivity contribution >= 4 is 39.9 Å². The zero-order valence-electron chi connectivity index (χ0n) is 19.5. The van der Waals surface area contributed by atoms with Gasteiger partial charge in [-0.3, -0.25) is 29.4 Å². The molecule has 2 aliphatic carbocycles. The zero-order chi connectivity index (χ0) is 25.7. The predicted molar refractivity (Wildman–Crippen MR) is 136 cm³/mol. The van der Waals surface area contributed by atoms with Crippen LogP contribution in [0.15, 0.2) is 72.1 Å². The van der Waals surface area contributed by atoms with Crippen molar-refractivity contribution in [3.05, 3.63) is 87.8 Å². The quantitative estimate of drug-likeness (QED) is 0.213. The minimum atomic E-state index is -0.960. The molecule has 37 heavy (non-hydrogen) atoms. The monoisotopic (exact) mass is 514 g/mol. The SMILES string of the molecule is O=C(CC(c1cccc([N+](=O)[O-])c1)N1C(=O)C2C3C=CC(C3)C2C1=O)Nc1nc(-c2ccccc2)cs1. The number of carbonyl (C=O) groups is 3. The van der Waals surface area contributed by atoms with Crippen LogP contribution in [0.2, 0.25) is 0 Å². The molecule has 10 heteroatoms. The summed E-state index contributed by atoms with van der Waals surface area (Å²) >= 11 is 1.27. The summed E-state index contributed by atoms with van der Waals surface area (Å²) < 4.78 is 0. The highest BCUT2D eigenvalue weighted by molar-refractivity contribution is 7.14. The topological polar surface area (TPSA) is 123 Å². The number of fused-ring (bicyclic) bond motifs is 5. The Morgan fingerprint density at radius 3 is 2.46 bits per heavy atom. The number of rotatable bonds is 7. The number of thiazole rings is 1. The van der Waals surface area contributed by atoms with Gasteiger partial charge in [-0.15, -0.1) is 11.3 Å². The number of carbonyl (C=O) groups excluding carboxylic acids is 3. The van der Waals surface area contributed by atoms with E-state index in [1.165, 1.54) is 34.4 Å². The number of nitro groups is 1. The van der Waals surface area contributed by atoms with E-state index in [9.17, 15) is 24.5 Å². The van der Waals surface area contributed by atoms with E-state index < -0.39 is 28.7 Å². The summed E-state index contributed by atoms with van der Waals surface area (Å²) in [5.74, 6) is -1.89. The largest absolute Gasteiger partial charge is 0.302 e. The number of likely N-dealkylation sites (tertiary alicyclic amines) is 1. The van der Waals surface area contributed by atoms with Gasteiger partial charge in [0.25, 0.3) is 5.69 Å². The number of non-ortho nitro benzene ring substituents is 1.